The Labute approximate surface area is 362 Å². The van der Waals surface area contributed by atoms with Crippen LogP contribution in [0.2, 0.25) is 0 Å². The predicted molar refractivity (Wildman–Crippen MR) is 240 cm³/mol. The zero-order chi connectivity index (χ0) is 42.1. The van der Waals surface area contributed by atoms with Crippen molar-refractivity contribution in [2.45, 2.75) is 168 Å². The summed E-state index contributed by atoms with van der Waals surface area (Å²) in [7, 11) is 2.20. The van der Waals surface area contributed by atoms with Gasteiger partial charge in [0.25, 0.3) is 0 Å². The molecule has 328 valence electrons. The van der Waals surface area contributed by atoms with E-state index in [2.05, 4.69) is 81.8 Å². The van der Waals surface area contributed by atoms with Gasteiger partial charge in [-0.1, -0.05) is 57.4 Å². The highest BCUT2D eigenvalue weighted by molar-refractivity contribution is 5.66. The van der Waals surface area contributed by atoms with E-state index in [1.807, 2.05) is 12.5 Å². The molecule has 9 rings (SSSR count). The second kappa shape index (κ2) is 16.5. The maximum Gasteiger partial charge on any atom is 0.303 e. The van der Waals surface area contributed by atoms with Crippen LogP contribution in [0.15, 0.2) is 47.1 Å². The van der Waals surface area contributed by atoms with Gasteiger partial charge in [-0.25, -0.2) is 0 Å². The van der Waals surface area contributed by atoms with Crippen LogP contribution in [-0.4, -0.2) is 59.8 Å². The van der Waals surface area contributed by atoms with Crippen LogP contribution in [0.4, 0.5) is 5.69 Å². The molecular weight excluding hydrogens is 743 g/mol. The maximum absolute atomic E-state index is 12.0. The second-order valence-electron chi connectivity index (χ2n) is 22.4. The van der Waals surface area contributed by atoms with Gasteiger partial charge >= 0.3 is 5.97 Å². The van der Waals surface area contributed by atoms with Crippen molar-refractivity contribution in [2.24, 2.45) is 69.5 Å². The third kappa shape index (κ3) is 7.06. The highest BCUT2D eigenvalue weighted by atomic mass is 16.5. The predicted octanol–water partition coefficient (Wildman–Crippen LogP) is 11.0. The Hall–Kier alpha value is -2.59. The summed E-state index contributed by atoms with van der Waals surface area (Å²) in [6.45, 7) is 13.1. The number of carboxylic acids is 1. The Balaban J connectivity index is 0.830. The fourth-order valence-electron chi connectivity index (χ4n) is 16.7. The van der Waals surface area contributed by atoms with Crippen molar-refractivity contribution < 1.29 is 24.9 Å². The molecule has 6 nitrogen and oxygen atoms in total. The van der Waals surface area contributed by atoms with Crippen LogP contribution < -0.4 is 4.90 Å². The van der Waals surface area contributed by atoms with E-state index in [9.17, 15) is 20.1 Å². The van der Waals surface area contributed by atoms with Crippen molar-refractivity contribution in [1.29, 1.82) is 0 Å². The van der Waals surface area contributed by atoms with Crippen molar-refractivity contribution >= 4 is 11.7 Å². The number of ether oxygens (including phenoxy) is 1. The molecule has 8 aliphatic carbocycles. The summed E-state index contributed by atoms with van der Waals surface area (Å²) in [5.74, 6) is 10.5. The van der Waals surface area contributed by atoms with E-state index in [1.165, 1.54) is 62.6 Å². The number of aliphatic hydroxyl groups is 2. The van der Waals surface area contributed by atoms with E-state index in [-0.39, 0.29) is 52.6 Å². The van der Waals surface area contributed by atoms with Gasteiger partial charge in [-0.05, 0) is 202 Å². The number of carbonyl (C=O) groups is 1. The normalized spacial score (nSPS) is 43.5. The first kappa shape index (κ1) is 42.7. The third-order valence-corrected chi connectivity index (χ3v) is 19.9. The minimum absolute atomic E-state index is 0.0969. The molecule has 0 saturated heterocycles. The molecular formula is C54H77NO5. The zero-order valence-corrected chi connectivity index (χ0v) is 37.9. The summed E-state index contributed by atoms with van der Waals surface area (Å²) in [6, 6.07) is 9.62. The van der Waals surface area contributed by atoms with Crippen LogP contribution in [-0.2, 0) is 9.53 Å². The van der Waals surface area contributed by atoms with Crippen LogP contribution >= 0.6 is 0 Å². The first-order valence-corrected chi connectivity index (χ1v) is 24.6. The minimum Gasteiger partial charge on any atom is -0.481 e. The van der Waals surface area contributed by atoms with Gasteiger partial charge in [0.05, 0.1) is 24.9 Å². The number of benzene rings is 1. The lowest BCUT2D eigenvalue weighted by atomic mass is 9.43. The fourth-order valence-corrected chi connectivity index (χ4v) is 16.7. The van der Waals surface area contributed by atoms with Crippen LogP contribution in [0.3, 0.4) is 0 Å². The molecule has 0 unspecified atom stereocenters. The van der Waals surface area contributed by atoms with Gasteiger partial charge in [0, 0.05) is 37.5 Å². The first-order chi connectivity index (χ1) is 28.8. The standard InChI is InChI=1S/C54H77NO5/c1-7-10-36-17-21-44-41-20-16-34-11-8-9-12-40(34)50(41)42(32-53(36,44)4)35-14-18-38(19-15-35)55(6)27-28-60-39-25-26-52(3)37(29-39)30-47(56)51-45-23-22-43(33(2)13-24-49(58)59)54(45,5)48(57)31-46(51)52/h11,14-15,18-19,33,36-37,39,41-48,51,56-57H,8-9,12-13,16-17,20-32H2,1-6H3,(H,58,59)/t33-,36-,37+,39+,41+,42-,43-,44+,45+,46+,47-,48+,51+,52+,53-,54-/m1/s1. The number of hydrogen-bond donors (Lipinski definition) is 3. The largest absolute Gasteiger partial charge is 0.481 e. The van der Waals surface area contributed by atoms with E-state index in [0.717, 1.165) is 57.4 Å². The number of nitrogens with zero attached hydrogens (tertiary/aromatic N) is 1. The Morgan fingerprint density at radius 1 is 0.950 bits per heavy atom. The van der Waals surface area contributed by atoms with Gasteiger partial charge in [0.2, 0.25) is 0 Å². The number of aliphatic carboxylic acids is 1. The lowest BCUT2D eigenvalue weighted by Gasteiger charge is -2.63. The van der Waals surface area contributed by atoms with Crippen LogP contribution in [0, 0.1) is 81.3 Å². The number of fused-ring (bicyclic) bond motifs is 9. The lowest BCUT2D eigenvalue weighted by Crippen LogP contribution is -2.62. The Morgan fingerprint density at radius 2 is 1.73 bits per heavy atom. The molecule has 1 aromatic carbocycles. The van der Waals surface area contributed by atoms with E-state index in [1.54, 1.807) is 11.1 Å². The summed E-state index contributed by atoms with van der Waals surface area (Å²) in [5, 5.41) is 33.3. The van der Waals surface area contributed by atoms with Gasteiger partial charge in [-0.2, -0.15) is 0 Å². The first-order valence-electron chi connectivity index (χ1n) is 24.6. The van der Waals surface area contributed by atoms with E-state index >= 15 is 0 Å². The molecule has 0 aromatic heterocycles. The average Bonchev–Trinajstić information content (AvgIpc) is 3.77. The van der Waals surface area contributed by atoms with Crippen molar-refractivity contribution in [3.63, 3.8) is 0 Å². The smallest absolute Gasteiger partial charge is 0.303 e. The van der Waals surface area contributed by atoms with Crippen LogP contribution in [0.25, 0.3) is 0 Å². The van der Waals surface area contributed by atoms with Crippen molar-refractivity contribution in [2.75, 3.05) is 25.1 Å². The quantitative estimate of drug-likeness (QED) is 0.204. The Kier molecular flexibility index (Phi) is 11.8. The highest BCUT2D eigenvalue weighted by Crippen LogP contribution is 2.69. The summed E-state index contributed by atoms with van der Waals surface area (Å²) in [6.07, 6.45) is 19.8. The SMILES string of the molecule is CC#C[C@@H]1CC[C@H]2[C@@H]3CCC4=CCCCC4=C3[C@@H](c3ccc(N(C)CCO[C@H]4CC[C@@]5(C)[C@@H](C4)C[C@@H](O)[C@@H]4[C@@H]5C[C@H](O)[C@]5(C)[C@@H]([C@H](C)CCC(=O)O)CC[C@@H]45)cc3)C[C@]12C. The molecule has 60 heavy (non-hydrogen) atoms. The summed E-state index contributed by atoms with van der Waals surface area (Å²) in [4.78, 5) is 13.7. The molecule has 0 aliphatic heterocycles. The number of carboxylic acid groups (broad SMARTS) is 1. The number of rotatable bonds is 10. The number of aliphatic hydroxyl groups excluding tert-OH is 2. The summed E-state index contributed by atoms with van der Waals surface area (Å²) < 4.78 is 6.70. The van der Waals surface area contributed by atoms with Gasteiger partial charge in [0.1, 0.15) is 0 Å². The monoisotopic (exact) mass is 820 g/mol. The molecule has 16 atom stereocenters. The molecule has 0 heterocycles. The average molecular weight is 820 g/mol. The molecule has 6 saturated carbocycles. The lowest BCUT2D eigenvalue weighted by molar-refractivity contribution is -0.209. The van der Waals surface area contributed by atoms with Crippen LogP contribution in [0.5, 0.6) is 0 Å². The Bertz CT molecular complexity index is 1890. The van der Waals surface area contributed by atoms with Gasteiger partial charge in [-0.15, -0.1) is 5.92 Å². The second-order valence-corrected chi connectivity index (χ2v) is 22.4. The number of hydrogen-bond acceptors (Lipinski definition) is 5. The molecule has 3 N–H and O–H groups in total. The molecule has 8 aliphatic rings. The number of likely N-dealkylation sites (N-methyl/N-ethyl adjacent to an activating group) is 1. The van der Waals surface area contributed by atoms with Crippen LogP contribution in [0.1, 0.15) is 155 Å². The zero-order valence-electron chi connectivity index (χ0n) is 37.9. The topological polar surface area (TPSA) is 90.2 Å². The molecule has 0 radical (unpaired) electrons. The minimum atomic E-state index is -0.738. The molecule has 0 spiro atoms. The van der Waals surface area contributed by atoms with Crippen molar-refractivity contribution in [3.8, 4) is 11.8 Å². The summed E-state index contributed by atoms with van der Waals surface area (Å²) >= 11 is 0. The van der Waals surface area contributed by atoms with E-state index in [0.29, 0.717) is 48.5 Å². The highest BCUT2D eigenvalue weighted by Gasteiger charge is 2.66. The van der Waals surface area contributed by atoms with E-state index < -0.39 is 12.1 Å². The third-order valence-electron chi connectivity index (χ3n) is 19.9. The number of anilines is 1. The molecule has 6 fully saturated rings. The molecule has 0 amide bonds. The van der Waals surface area contributed by atoms with Crippen molar-refractivity contribution in [3.05, 3.63) is 52.6 Å². The molecule has 0 bridgehead atoms. The molecule has 1 aromatic rings. The van der Waals surface area contributed by atoms with Gasteiger partial charge < -0.3 is 25.0 Å². The fraction of sp³-hybridized carbons (Fsp3) is 0.759. The van der Waals surface area contributed by atoms with Gasteiger partial charge in [-0.3, -0.25) is 4.79 Å². The molecule has 6 heteroatoms. The van der Waals surface area contributed by atoms with Gasteiger partial charge in [0.15, 0.2) is 0 Å². The maximum atomic E-state index is 12.0. The van der Waals surface area contributed by atoms with Crippen molar-refractivity contribution in [1.82, 2.24) is 0 Å². The summed E-state index contributed by atoms with van der Waals surface area (Å²) in [5.41, 5.74) is 8.08. The Morgan fingerprint density at radius 3 is 2.50 bits per heavy atom. The van der Waals surface area contributed by atoms with E-state index in [4.69, 9.17) is 4.74 Å². The number of allylic oxidation sites excluding steroid dienone is 4.